The van der Waals surface area contributed by atoms with Crippen LogP contribution in [0.15, 0.2) is 53.3 Å². The van der Waals surface area contributed by atoms with Crippen molar-refractivity contribution in [3.63, 3.8) is 0 Å². The maximum atomic E-state index is 12.7. The van der Waals surface area contributed by atoms with Crippen LogP contribution in [0.1, 0.15) is 49.1 Å². The van der Waals surface area contributed by atoms with Crippen molar-refractivity contribution in [2.45, 2.75) is 39.2 Å². The molecule has 2 N–H and O–H groups in total. The Hall–Kier alpha value is -3.81. The molecule has 4 aromatic rings. The fourth-order valence-electron chi connectivity index (χ4n) is 3.94. The first-order valence-electron chi connectivity index (χ1n) is 10.2. The van der Waals surface area contributed by atoms with Gasteiger partial charge in [0.15, 0.2) is 0 Å². The fourth-order valence-corrected chi connectivity index (χ4v) is 3.94. The minimum absolute atomic E-state index is 0.0380. The van der Waals surface area contributed by atoms with E-state index in [2.05, 4.69) is 76.1 Å². The third kappa shape index (κ3) is 3.20. The minimum atomic E-state index is -0.388. The second kappa shape index (κ2) is 6.87. The highest BCUT2D eigenvalue weighted by atomic mass is 16.1. The van der Waals surface area contributed by atoms with Gasteiger partial charge in [0.25, 0.3) is 5.56 Å². The van der Waals surface area contributed by atoms with Crippen molar-refractivity contribution in [2.24, 2.45) is 0 Å². The lowest BCUT2D eigenvalue weighted by Gasteiger charge is -2.28. The van der Waals surface area contributed by atoms with Crippen molar-refractivity contribution in [3.05, 3.63) is 81.1 Å². The van der Waals surface area contributed by atoms with Crippen molar-refractivity contribution in [1.29, 1.82) is 0 Å². The first-order valence-corrected chi connectivity index (χ1v) is 10.2. The number of nitrogens with one attached hydrogen (secondary N) is 2. The lowest BCUT2D eigenvalue weighted by atomic mass is 9.85. The van der Waals surface area contributed by atoms with Gasteiger partial charge in [-0.15, -0.1) is 0 Å². The normalized spacial score (nSPS) is 15.2. The Kier molecular flexibility index (Phi) is 4.25. The number of fused-ring (bicyclic) bond motifs is 2. The largest absolute Gasteiger partial charge is 0.318 e. The summed E-state index contributed by atoms with van der Waals surface area (Å²) in [6.45, 7) is 8.58. The van der Waals surface area contributed by atoms with Crippen molar-refractivity contribution in [3.8, 4) is 11.3 Å². The zero-order valence-electron chi connectivity index (χ0n) is 17.8. The van der Waals surface area contributed by atoms with E-state index in [1.807, 2.05) is 31.2 Å². The Balaban J connectivity index is 1.75. The van der Waals surface area contributed by atoms with Gasteiger partial charge in [-0.1, -0.05) is 80.0 Å². The number of H-pyrrole nitrogens is 1. The molecule has 0 fully saturated rings. The van der Waals surface area contributed by atoms with E-state index in [0.717, 1.165) is 22.3 Å². The number of hydrogen-bond acceptors (Lipinski definition) is 6. The maximum Gasteiger partial charge on any atom is 0.288 e. The standard InChI is InChI=1S/C23H23N7O/c1-13-5-7-14(8-6-13)18-17-19(21(31)26-25-18)24-22-27-28-29-30(22)20(17)15-9-11-16(12-10-15)23(2,3)4/h5-12,20H,1-4H3,(H,26,31)(H,24,27,29). The van der Waals surface area contributed by atoms with Crippen LogP contribution >= 0.6 is 0 Å². The van der Waals surface area contributed by atoms with Gasteiger partial charge in [0.1, 0.15) is 11.7 Å². The molecule has 0 aliphatic carbocycles. The highest BCUT2D eigenvalue weighted by molar-refractivity contribution is 5.75. The van der Waals surface area contributed by atoms with E-state index in [9.17, 15) is 4.79 Å². The molecule has 2 aromatic heterocycles. The van der Waals surface area contributed by atoms with Crippen LogP contribution in [-0.2, 0) is 5.41 Å². The van der Waals surface area contributed by atoms with Crippen molar-refractivity contribution < 1.29 is 0 Å². The third-order valence-corrected chi connectivity index (χ3v) is 5.69. The number of anilines is 2. The van der Waals surface area contributed by atoms with Crippen molar-refractivity contribution in [2.75, 3.05) is 5.32 Å². The summed E-state index contributed by atoms with van der Waals surface area (Å²) < 4.78 is 1.70. The molecule has 0 amide bonds. The van der Waals surface area contributed by atoms with E-state index in [1.165, 1.54) is 5.56 Å². The average molecular weight is 413 g/mol. The summed E-state index contributed by atoms with van der Waals surface area (Å²) >= 11 is 0. The van der Waals surface area contributed by atoms with Gasteiger partial charge in [-0.25, -0.2) is 5.10 Å². The molecule has 0 saturated carbocycles. The van der Waals surface area contributed by atoms with E-state index < -0.39 is 0 Å². The molecule has 156 valence electrons. The lowest BCUT2D eigenvalue weighted by molar-refractivity contribution is 0.564. The quantitative estimate of drug-likeness (QED) is 0.457. The fraction of sp³-hybridized carbons (Fsp3) is 0.261. The highest BCUT2D eigenvalue weighted by Crippen LogP contribution is 2.41. The maximum absolute atomic E-state index is 12.7. The highest BCUT2D eigenvalue weighted by Gasteiger charge is 2.34. The van der Waals surface area contributed by atoms with Gasteiger partial charge >= 0.3 is 0 Å². The summed E-state index contributed by atoms with van der Waals surface area (Å²) in [5.74, 6) is 0.420. The average Bonchev–Trinajstić information content (AvgIpc) is 3.21. The number of aromatic amines is 1. The second-order valence-corrected chi connectivity index (χ2v) is 8.90. The van der Waals surface area contributed by atoms with Crippen LogP contribution in [0.25, 0.3) is 11.3 Å². The third-order valence-electron chi connectivity index (χ3n) is 5.69. The number of tetrazole rings is 1. The number of rotatable bonds is 2. The lowest BCUT2D eigenvalue weighted by Crippen LogP contribution is -2.29. The van der Waals surface area contributed by atoms with Gasteiger partial charge in [-0.05, 0) is 33.9 Å². The summed E-state index contributed by atoms with van der Waals surface area (Å²) in [5, 5.41) is 22.2. The van der Waals surface area contributed by atoms with Gasteiger partial charge in [0, 0.05) is 11.1 Å². The van der Waals surface area contributed by atoms with Gasteiger partial charge in [0.05, 0.1) is 5.69 Å². The van der Waals surface area contributed by atoms with Crippen LogP contribution in [0, 0.1) is 6.92 Å². The molecule has 1 aliphatic rings. The van der Waals surface area contributed by atoms with Crippen LogP contribution in [0.2, 0.25) is 0 Å². The van der Waals surface area contributed by atoms with E-state index >= 15 is 0 Å². The molecular weight excluding hydrogens is 390 g/mol. The zero-order chi connectivity index (χ0) is 21.8. The summed E-state index contributed by atoms with van der Waals surface area (Å²) in [6.07, 6.45) is 0. The molecule has 1 unspecified atom stereocenters. The Morgan fingerprint density at radius 1 is 1.00 bits per heavy atom. The minimum Gasteiger partial charge on any atom is -0.318 e. The first-order chi connectivity index (χ1) is 14.8. The van der Waals surface area contributed by atoms with E-state index in [0.29, 0.717) is 17.3 Å². The number of aryl methyl sites for hydroxylation is 1. The molecule has 1 atom stereocenters. The van der Waals surface area contributed by atoms with Crippen LogP contribution in [0.4, 0.5) is 11.6 Å². The van der Waals surface area contributed by atoms with Gasteiger partial charge < -0.3 is 5.32 Å². The van der Waals surface area contributed by atoms with E-state index in [1.54, 1.807) is 4.68 Å². The Morgan fingerprint density at radius 2 is 1.71 bits per heavy atom. The molecule has 0 bridgehead atoms. The SMILES string of the molecule is Cc1ccc(-c2n[nH]c(=O)c3c2C(c2ccc(C(C)(C)C)cc2)n2nnnc2N3)cc1. The van der Waals surface area contributed by atoms with E-state index in [4.69, 9.17) is 0 Å². The topological polar surface area (TPSA) is 101 Å². The van der Waals surface area contributed by atoms with Crippen molar-refractivity contribution >= 4 is 11.6 Å². The van der Waals surface area contributed by atoms with Crippen LogP contribution in [-0.4, -0.2) is 30.4 Å². The molecular formula is C23H23N7O. The van der Waals surface area contributed by atoms with Gasteiger partial charge in [-0.2, -0.15) is 9.78 Å². The molecule has 1 aliphatic heterocycles. The molecule has 3 heterocycles. The molecule has 8 nitrogen and oxygen atoms in total. The van der Waals surface area contributed by atoms with Crippen LogP contribution in [0.3, 0.4) is 0 Å². The molecule has 0 spiro atoms. The van der Waals surface area contributed by atoms with Gasteiger partial charge in [0.2, 0.25) is 5.95 Å². The summed E-state index contributed by atoms with van der Waals surface area (Å²) in [4.78, 5) is 12.7. The summed E-state index contributed by atoms with van der Waals surface area (Å²) in [7, 11) is 0. The molecule has 31 heavy (non-hydrogen) atoms. The molecule has 0 radical (unpaired) electrons. The number of benzene rings is 2. The Morgan fingerprint density at radius 3 is 2.39 bits per heavy atom. The predicted molar refractivity (Wildman–Crippen MR) is 119 cm³/mol. The van der Waals surface area contributed by atoms with Crippen molar-refractivity contribution in [1.82, 2.24) is 30.4 Å². The van der Waals surface area contributed by atoms with Crippen LogP contribution < -0.4 is 10.9 Å². The monoisotopic (exact) mass is 413 g/mol. The zero-order valence-corrected chi connectivity index (χ0v) is 17.8. The first kappa shape index (κ1) is 19.2. The Labute approximate surface area is 179 Å². The van der Waals surface area contributed by atoms with Crippen LogP contribution in [0.5, 0.6) is 0 Å². The smallest absolute Gasteiger partial charge is 0.288 e. The predicted octanol–water partition coefficient (Wildman–Crippen LogP) is 3.72. The number of nitrogens with zero attached hydrogens (tertiary/aromatic N) is 5. The van der Waals surface area contributed by atoms with E-state index in [-0.39, 0.29) is 17.0 Å². The Bertz CT molecular complexity index is 1310. The number of hydrogen-bond donors (Lipinski definition) is 2. The molecule has 2 aromatic carbocycles. The molecule has 5 rings (SSSR count). The molecule has 0 saturated heterocycles. The summed E-state index contributed by atoms with van der Waals surface area (Å²) in [6, 6.07) is 16.1. The molecule has 8 heteroatoms. The summed E-state index contributed by atoms with van der Waals surface area (Å²) in [5.41, 5.74) is 5.84. The number of aromatic nitrogens is 6. The second-order valence-electron chi connectivity index (χ2n) is 8.90. The van der Waals surface area contributed by atoms with Gasteiger partial charge in [-0.3, -0.25) is 4.79 Å².